The second-order valence-corrected chi connectivity index (χ2v) is 8.34. The maximum absolute atomic E-state index is 6.30. The maximum Gasteiger partial charge on any atom is 0.143 e. The van der Waals surface area contributed by atoms with E-state index in [1.165, 1.54) is 61.9 Å². The largest absolute Gasteiger partial charge is 0.487 e. The van der Waals surface area contributed by atoms with Gasteiger partial charge in [0.15, 0.2) is 0 Å². The molecule has 142 valence electrons. The van der Waals surface area contributed by atoms with Crippen molar-refractivity contribution in [1.29, 1.82) is 0 Å². The number of benzene rings is 2. The van der Waals surface area contributed by atoms with Gasteiger partial charge in [-0.25, -0.2) is 0 Å². The molecule has 0 unspecified atom stereocenters. The van der Waals surface area contributed by atoms with E-state index in [-0.39, 0.29) is 0 Å². The average Bonchev–Trinajstić information content (AvgIpc) is 3.34. The number of rotatable bonds is 5. The van der Waals surface area contributed by atoms with Crippen molar-refractivity contribution < 1.29 is 4.74 Å². The van der Waals surface area contributed by atoms with Crippen LogP contribution in [-0.4, -0.2) is 25.2 Å². The second kappa shape index (κ2) is 7.46. The minimum Gasteiger partial charge on any atom is -0.487 e. The topological polar surface area (TPSA) is 15.7 Å². The van der Waals surface area contributed by atoms with Crippen molar-refractivity contribution in [3.05, 3.63) is 54.1 Å². The van der Waals surface area contributed by atoms with Gasteiger partial charge in [0.25, 0.3) is 0 Å². The number of nitrogens with zero attached hydrogens (tertiary/aromatic N) is 2. The van der Waals surface area contributed by atoms with Gasteiger partial charge in [0.2, 0.25) is 0 Å². The molecule has 3 heteroatoms. The van der Waals surface area contributed by atoms with Gasteiger partial charge in [-0.1, -0.05) is 30.3 Å². The zero-order valence-electron chi connectivity index (χ0n) is 16.1. The van der Waals surface area contributed by atoms with Crippen LogP contribution in [0.25, 0.3) is 0 Å². The fourth-order valence-corrected chi connectivity index (χ4v) is 5.24. The van der Waals surface area contributed by atoms with Crippen molar-refractivity contribution in [3.63, 3.8) is 0 Å². The molecule has 3 aliphatic heterocycles. The Bertz CT molecular complexity index is 749. The molecule has 0 atom stereocenters. The zero-order valence-corrected chi connectivity index (χ0v) is 16.1. The summed E-state index contributed by atoms with van der Waals surface area (Å²) >= 11 is 0. The van der Waals surface area contributed by atoms with Crippen molar-refractivity contribution >= 4 is 11.4 Å². The van der Waals surface area contributed by atoms with E-state index >= 15 is 0 Å². The van der Waals surface area contributed by atoms with Gasteiger partial charge in [0, 0.05) is 30.9 Å². The van der Waals surface area contributed by atoms with Crippen LogP contribution in [0.5, 0.6) is 5.75 Å². The highest BCUT2D eigenvalue weighted by molar-refractivity contribution is 5.68. The van der Waals surface area contributed by atoms with Crippen LogP contribution in [0.15, 0.2) is 48.5 Å². The fraction of sp³-hybridized carbons (Fsp3) is 0.500. The summed E-state index contributed by atoms with van der Waals surface area (Å²) < 4.78 is 6.30. The Hall–Kier alpha value is -2.16. The lowest BCUT2D eigenvalue weighted by Gasteiger charge is -2.32. The number of hydrogen-bond donors (Lipinski definition) is 0. The van der Waals surface area contributed by atoms with Gasteiger partial charge in [-0.2, -0.15) is 0 Å². The molecule has 2 bridgehead atoms. The lowest BCUT2D eigenvalue weighted by Crippen LogP contribution is -2.31. The van der Waals surface area contributed by atoms with Crippen LogP contribution in [-0.2, 0) is 6.61 Å². The summed E-state index contributed by atoms with van der Waals surface area (Å²) in [6.07, 6.45) is 9.42. The minimum atomic E-state index is 0.635. The molecule has 3 nitrogen and oxygen atoms in total. The van der Waals surface area contributed by atoms with E-state index in [1.54, 1.807) is 0 Å². The maximum atomic E-state index is 6.30. The molecule has 5 rings (SSSR count). The van der Waals surface area contributed by atoms with Crippen LogP contribution < -0.4 is 14.5 Å². The van der Waals surface area contributed by atoms with E-state index in [2.05, 4.69) is 58.3 Å². The fourth-order valence-electron chi connectivity index (χ4n) is 5.24. The molecule has 3 aliphatic rings. The van der Waals surface area contributed by atoms with Gasteiger partial charge < -0.3 is 14.5 Å². The highest BCUT2D eigenvalue weighted by Crippen LogP contribution is 2.43. The average molecular weight is 363 g/mol. The highest BCUT2D eigenvalue weighted by Gasteiger charge is 2.39. The number of fused-ring (bicyclic) bond motifs is 2. The summed E-state index contributed by atoms with van der Waals surface area (Å²) in [5, 5.41) is 0. The van der Waals surface area contributed by atoms with Gasteiger partial charge in [0.1, 0.15) is 12.4 Å². The first kappa shape index (κ1) is 17.0. The summed E-state index contributed by atoms with van der Waals surface area (Å²) in [6, 6.07) is 19.0. The Morgan fingerprint density at radius 3 is 2.22 bits per heavy atom. The first-order valence-corrected chi connectivity index (χ1v) is 10.7. The molecular formula is C24H30N2O. The number of hydrogen-bond acceptors (Lipinski definition) is 3. The first-order valence-electron chi connectivity index (χ1n) is 10.7. The predicted molar refractivity (Wildman–Crippen MR) is 112 cm³/mol. The van der Waals surface area contributed by atoms with Crippen LogP contribution in [0.1, 0.15) is 50.5 Å². The summed E-state index contributed by atoms with van der Waals surface area (Å²) in [6.45, 7) is 2.94. The molecule has 0 saturated carbocycles. The van der Waals surface area contributed by atoms with Crippen LogP contribution in [0.2, 0.25) is 0 Å². The Morgan fingerprint density at radius 2 is 1.52 bits per heavy atom. The molecule has 27 heavy (non-hydrogen) atoms. The van der Waals surface area contributed by atoms with E-state index < -0.39 is 0 Å². The van der Waals surface area contributed by atoms with E-state index in [0.29, 0.717) is 6.61 Å². The molecule has 3 saturated heterocycles. The van der Waals surface area contributed by atoms with Crippen LogP contribution in [0.4, 0.5) is 11.4 Å². The zero-order chi connectivity index (χ0) is 18.1. The van der Waals surface area contributed by atoms with Crippen LogP contribution in [0.3, 0.4) is 0 Å². The molecule has 0 N–H and O–H groups in total. The van der Waals surface area contributed by atoms with Gasteiger partial charge in [-0.3, -0.25) is 0 Å². The van der Waals surface area contributed by atoms with E-state index in [1.807, 2.05) is 0 Å². The Balaban J connectivity index is 1.42. The summed E-state index contributed by atoms with van der Waals surface area (Å²) in [5.74, 6) is 1.04. The Labute approximate surface area is 162 Å². The molecule has 3 heterocycles. The Morgan fingerprint density at radius 1 is 0.815 bits per heavy atom. The highest BCUT2D eigenvalue weighted by atomic mass is 16.5. The molecule has 2 aromatic carbocycles. The van der Waals surface area contributed by atoms with Crippen molar-refractivity contribution in [2.45, 2.75) is 63.6 Å². The van der Waals surface area contributed by atoms with Crippen LogP contribution >= 0.6 is 0 Å². The van der Waals surface area contributed by atoms with Crippen LogP contribution in [0, 0.1) is 0 Å². The second-order valence-electron chi connectivity index (χ2n) is 8.34. The third kappa shape index (κ3) is 3.40. The first-order chi connectivity index (χ1) is 13.4. The van der Waals surface area contributed by atoms with E-state index in [9.17, 15) is 0 Å². The van der Waals surface area contributed by atoms with Crippen molar-refractivity contribution in [2.75, 3.05) is 22.9 Å². The molecule has 0 aromatic heterocycles. The van der Waals surface area contributed by atoms with Crippen molar-refractivity contribution in [2.24, 2.45) is 0 Å². The lowest BCUT2D eigenvalue weighted by molar-refractivity contribution is 0.306. The standard InChI is InChI=1S/C24H30N2O/c1-3-7-19(8-4-1)18-27-24-14-13-22(26-20-9-10-21(26)12-11-20)17-23(24)25-15-5-2-6-16-25/h1,3-4,7-8,13-14,17,20-21H,2,5-6,9-12,15-16,18H2. The molecular weight excluding hydrogens is 332 g/mol. The molecule has 0 aliphatic carbocycles. The quantitative estimate of drug-likeness (QED) is 0.709. The Kier molecular flexibility index (Phi) is 4.69. The summed E-state index contributed by atoms with van der Waals surface area (Å²) in [4.78, 5) is 5.25. The van der Waals surface area contributed by atoms with Gasteiger partial charge in [-0.05, 0) is 68.7 Å². The summed E-state index contributed by atoms with van der Waals surface area (Å²) in [5.41, 5.74) is 3.94. The molecule has 0 amide bonds. The van der Waals surface area contributed by atoms with Gasteiger partial charge >= 0.3 is 0 Å². The number of piperidine rings is 1. The van der Waals surface area contributed by atoms with Gasteiger partial charge in [0.05, 0.1) is 5.69 Å². The molecule has 2 aromatic rings. The molecule has 0 spiro atoms. The smallest absolute Gasteiger partial charge is 0.143 e. The van der Waals surface area contributed by atoms with E-state index in [4.69, 9.17) is 4.74 Å². The monoisotopic (exact) mass is 362 g/mol. The molecule has 0 radical (unpaired) electrons. The van der Waals surface area contributed by atoms with E-state index in [0.717, 1.165) is 30.9 Å². The third-order valence-corrected chi connectivity index (χ3v) is 6.63. The van der Waals surface area contributed by atoms with Crippen molar-refractivity contribution in [1.82, 2.24) is 0 Å². The predicted octanol–water partition coefficient (Wildman–Crippen LogP) is 5.39. The van der Waals surface area contributed by atoms with Crippen molar-refractivity contribution in [3.8, 4) is 5.75 Å². The lowest BCUT2D eigenvalue weighted by atomic mass is 10.0. The minimum absolute atomic E-state index is 0.635. The SMILES string of the molecule is c1ccc(COc2ccc(N3C4CCC3CC4)cc2N2CCCCC2)cc1. The number of anilines is 2. The molecule has 3 fully saturated rings. The summed E-state index contributed by atoms with van der Waals surface area (Å²) in [7, 11) is 0. The number of ether oxygens (including phenoxy) is 1. The van der Waals surface area contributed by atoms with Gasteiger partial charge in [-0.15, -0.1) is 0 Å². The normalized spacial score (nSPS) is 24.4. The third-order valence-electron chi connectivity index (χ3n) is 6.63.